The molecule has 3 rings (SSSR count). The third kappa shape index (κ3) is 6.49. The van der Waals surface area contributed by atoms with E-state index in [-0.39, 0.29) is 29.7 Å². The summed E-state index contributed by atoms with van der Waals surface area (Å²) in [6.45, 7) is 16.8. The molecule has 0 spiro atoms. The quantitative estimate of drug-likeness (QED) is 0.507. The second-order valence-electron chi connectivity index (χ2n) is 11.1. The van der Waals surface area contributed by atoms with Crippen molar-refractivity contribution >= 4 is 7.82 Å². The van der Waals surface area contributed by atoms with Crippen LogP contribution in [0.3, 0.4) is 0 Å². The number of hydrogen-bond donors (Lipinski definition) is 0. The van der Waals surface area contributed by atoms with Gasteiger partial charge in [-0.05, 0) is 45.9 Å². The summed E-state index contributed by atoms with van der Waals surface area (Å²) in [5, 5.41) is 0. The Kier molecular flexibility index (Phi) is 8.68. The van der Waals surface area contributed by atoms with Crippen LogP contribution in [-0.4, -0.2) is 0 Å². The van der Waals surface area contributed by atoms with Crippen molar-refractivity contribution < 1.29 is 37.4 Å². The molecule has 0 unspecified atom stereocenters. The molecule has 4 nitrogen and oxygen atoms in total. The Morgan fingerprint density at radius 3 is 1.45 bits per heavy atom. The van der Waals surface area contributed by atoms with Crippen molar-refractivity contribution in [2.24, 2.45) is 0 Å². The van der Waals surface area contributed by atoms with Gasteiger partial charge in [0.15, 0.2) is 0 Å². The molecule has 0 aliphatic carbocycles. The molecule has 1 aliphatic rings. The van der Waals surface area contributed by atoms with Crippen LogP contribution in [0.1, 0.15) is 102 Å². The number of fused-ring (bicyclic) bond motifs is 2. The van der Waals surface area contributed by atoms with Crippen molar-refractivity contribution in [1.82, 2.24) is 0 Å². The van der Waals surface area contributed by atoms with Crippen LogP contribution in [0.15, 0.2) is 24.3 Å². The number of hydrogen-bond acceptors (Lipinski definition) is 4. The zero-order valence-electron chi connectivity index (χ0n) is 21.9. The summed E-state index contributed by atoms with van der Waals surface area (Å²) in [7, 11) is -4.63. The standard InChI is InChI=1S/C27H39O4P.Li/c1-9-11-18-13-20-17-21-14-19(12-10-2)16-23(27(6,7)8)25(21)31-32(28,29)30-24(20)22(15-18)26(3,4)5;/h13-16H,9-12,17H2,1-8H3,(H,28,29);/q;+1/p-1. The smallest absolute Gasteiger partial charge is 0.736 e. The minimum Gasteiger partial charge on any atom is -0.736 e. The molecule has 0 aromatic heterocycles. The fraction of sp³-hybridized carbons (Fsp3) is 0.556. The van der Waals surface area contributed by atoms with Crippen molar-refractivity contribution in [3.8, 4) is 11.5 Å². The van der Waals surface area contributed by atoms with Gasteiger partial charge >= 0.3 is 26.7 Å². The van der Waals surface area contributed by atoms with E-state index in [9.17, 15) is 9.46 Å². The van der Waals surface area contributed by atoms with Gasteiger partial charge in [0, 0.05) is 17.5 Å². The first kappa shape index (κ1) is 28.1. The second-order valence-corrected chi connectivity index (χ2v) is 12.3. The molecule has 0 atom stereocenters. The van der Waals surface area contributed by atoms with Crippen LogP contribution in [0.25, 0.3) is 0 Å². The van der Waals surface area contributed by atoms with Gasteiger partial charge in [-0.1, -0.05) is 92.5 Å². The molecule has 0 radical (unpaired) electrons. The Bertz CT molecular complexity index is 968. The van der Waals surface area contributed by atoms with E-state index in [1.54, 1.807) is 0 Å². The molecule has 0 N–H and O–H groups in total. The van der Waals surface area contributed by atoms with E-state index >= 15 is 0 Å². The summed E-state index contributed by atoms with van der Waals surface area (Å²) in [6, 6.07) is 8.43. The molecule has 176 valence electrons. The summed E-state index contributed by atoms with van der Waals surface area (Å²) in [5.74, 6) is 0.860. The minimum absolute atomic E-state index is 0. The van der Waals surface area contributed by atoms with Crippen LogP contribution >= 0.6 is 7.82 Å². The third-order valence-corrected chi connectivity index (χ3v) is 6.74. The van der Waals surface area contributed by atoms with Gasteiger partial charge in [-0.3, -0.25) is 0 Å². The Balaban J connectivity index is 0.00000385. The minimum atomic E-state index is -4.63. The molecular weight excluding hydrogens is 426 g/mol. The normalized spacial score (nSPS) is 15.2. The van der Waals surface area contributed by atoms with Crippen molar-refractivity contribution in [1.29, 1.82) is 0 Å². The van der Waals surface area contributed by atoms with Crippen LogP contribution < -0.4 is 32.8 Å². The maximum atomic E-state index is 13.1. The zero-order chi connectivity index (χ0) is 23.9. The van der Waals surface area contributed by atoms with E-state index in [0.717, 1.165) is 47.9 Å². The topological polar surface area (TPSA) is 58.6 Å². The number of phosphoric acid groups is 1. The monoisotopic (exact) mass is 464 g/mol. The van der Waals surface area contributed by atoms with E-state index in [1.807, 2.05) is 0 Å². The predicted octanol–water partition coefficient (Wildman–Crippen LogP) is 4.02. The molecule has 0 bridgehead atoms. The summed E-state index contributed by atoms with van der Waals surface area (Å²) >= 11 is 0. The molecular formula is C27H38LiO4P. The van der Waals surface area contributed by atoms with Crippen LogP contribution in [0, 0.1) is 0 Å². The van der Waals surface area contributed by atoms with E-state index < -0.39 is 7.82 Å². The van der Waals surface area contributed by atoms with Gasteiger partial charge in [0.05, 0.1) is 0 Å². The Morgan fingerprint density at radius 1 is 0.788 bits per heavy atom. The first-order chi connectivity index (χ1) is 14.7. The number of benzene rings is 2. The Morgan fingerprint density at radius 2 is 1.15 bits per heavy atom. The number of aryl methyl sites for hydroxylation is 2. The molecule has 6 heteroatoms. The van der Waals surface area contributed by atoms with Gasteiger partial charge in [-0.15, -0.1) is 0 Å². The Hall–Kier alpha value is -1.17. The van der Waals surface area contributed by atoms with Crippen molar-refractivity contribution in [2.45, 2.75) is 98.3 Å². The first-order valence-electron chi connectivity index (χ1n) is 11.8. The third-order valence-electron chi connectivity index (χ3n) is 5.93. The largest absolute Gasteiger partial charge is 1.00 e. The maximum absolute atomic E-state index is 13.1. The summed E-state index contributed by atoms with van der Waals surface area (Å²) < 4.78 is 24.5. The molecule has 33 heavy (non-hydrogen) atoms. The molecule has 0 saturated heterocycles. The average molecular weight is 465 g/mol. The zero-order valence-corrected chi connectivity index (χ0v) is 22.8. The van der Waals surface area contributed by atoms with Gasteiger partial charge < -0.3 is 13.9 Å². The van der Waals surface area contributed by atoms with E-state index in [4.69, 9.17) is 9.05 Å². The van der Waals surface area contributed by atoms with Gasteiger partial charge in [-0.2, -0.15) is 0 Å². The van der Waals surface area contributed by atoms with Gasteiger partial charge in [0.25, 0.3) is 0 Å². The van der Waals surface area contributed by atoms with Gasteiger partial charge in [0.2, 0.25) is 0 Å². The van der Waals surface area contributed by atoms with E-state index in [0.29, 0.717) is 17.9 Å². The molecule has 1 heterocycles. The molecule has 0 amide bonds. The van der Waals surface area contributed by atoms with Crippen molar-refractivity contribution in [3.63, 3.8) is 0 Å². The molecule has 2 aromatic rings. The number of phosphoric ester groups is 1. The maximum Gasteiger partial charge on any atom is 1.00 e. The van der Waals surface area contributed by atoms with Crippen LogP contribution in [0.2, 0.25) is 0 Å². The van der Waals surface area contributed by atoms with Gasteiger partial charge in [-0.25, -0.2) is 4.57 Å². The molecule has 1 aliphatic heterocycles. The summed E-state index contributed by atoms with van der Waals surface area (Å²) in [4.78, 5) is 13.1. The fourth-order valence-corrected chi connectivity index (χ4v) is 5.33. The van der Waals surface area contributed by atoms with E-state index in [1.165, 1.54) is 11.1 Å². The number of rotatable bonds is 4. The second kappa shape index (κ2) is 10.2. The average Bonchev–Trinajstić information content (AvgIpc) is 2.62. The van der Waals surface area contributed by atoms with Crippen LogP contribution in [-0.2, 0) is 34.7 Å². The van der Waals surface area contributed by atoms with E-state index in [2.05, 4.69) is 79.7 Å². The first-order valence-corrected chi connectivity index (χ1v) is 13.2. The van der Waals surface area contributed by atoms with Crippen molar-refractivity contribution in [2.75, 3.05) is 0 Å². The molecule has 0 fully saturated rings. The fourth-order valence-electron chi connectivity index (χ4n) is 4.42. The SMILES string of the molecule is CCCc1cc2c(c(C(C)(C)C)c1)OP(=O)([O-])Oc1c(cc(CCC)cc1C(C)(C)C)C2.[Li+]. The molecule has 0 saturated carbocycles. The predicted molar refractivity (Wildman–Crippen MR) is 130 cm³/mol. The van der Waals surface area contributed by atoms with Gasteiger partial charge in [0.1, 0.15) is 11.5 Å². The van der Waals surface area contributed by atoms with Crippen LogP contribution in [0.4, 0.5) is 0 Å². The summed E-state index contributed by atoms with van der Waals surface area (Å²) in [5.41, 5.74) is 5.52. The summed E-state index contributed by atoms with van der Waals surface area (Å²) in [6.07, 6.45) is 4.51. The van der Waals surface area contributed by atoms with Crippen molar-refractivity contribution in [3.05, 3.63) is 57.6 Å². The Labute approximate surface area is 212 Å². The van der Waals surface area contributed by atoms with Crippen LogP contribution in [0.5, 0.6) is 11.5 Å². The molecule has 2 aromatic carbocycles.